The number of aromatic carboxylic acids is 1. The standard InChI is InChI=1S/C16H14N4O2.C15H17N3O3.C14H10N4O2.C10H9N3.C4H6O3.2CH4O.CH4.Li.2H2O/c1-2-22-16(21)14-10-17-11-20(14)15-9-8-13(18-19-15)12-6-4-3-5-7-12;1-3-21-15(19)14(20-2)16-13-10-9-12(17-18-13)11-7-5-4-6-8-11;19-14(20)12-8-15-9-18(12)13-7-6-11(16-17-13)10-4-2-1-3-5-10;11-10-7-6-9(12-13-10)8-4-2-1-3-5-8;1-2-7-4(6)3-5;2*1-2;;;;/h3-11H,2H2,1H3;4-10,14H,3H2,1-2H3,(H,16,18);1-9H,(H,19,20);1-7H,(H2,11,13);3H,2H2,1H3;2*2H,1H3;1H4;;2*1H2/q;;;;;;;;+1;;/p-1. The number of hydrogen-bond acceptors (Lipinski definition) is 24. The second kappa shape index (κ2) is 45.4. The van der Waals surface area contributed by atoms with E-state index < -0.39 is 30.1 Å². The molecule has 0 aliphatic heterocycles. The molecule has 0 aliphatic carbocycles. The predicted octanol–water partition coefficient (Wildman–Crippen LogP) is 3.95. The summed E-state index contributed by atoms with van der Waals surface area (Å²) in [6.07, 6.45) is 4.87. The zero-order chi connectivity index (χ0) is 63.2. The van der Waals surface area contributed by atoms with Crippen LogP contribution in [0.15, 0.2) is 195 Å². The van der Waals surface area contributed by atoms with Crippen molar-refractivity contribution in [3.8, 4) is 56.7 Å². The number of carbonyl (C=O) groups excluding carboxylic acids is 4. The number of ether oxygens (including phenoxy) is 4. The van der Waals surface area contributed by atoms with E-state index in [9.17, 15) is 24.0 Å². The average molecular weight is 1240 g/mol. The number of esters is 3. The maximum atomic E-state index is 11.9. The van der Waals surface area contributed by atoms with Gasteiger partial charge in [0.1, 0.15) is 18.5 Å². The largest absolute Gasteiger partial charge is 1.00 e. The Labute approximate surface area is 537 Å². The first-order valence-corrected chi connectivity index (χ1v) is 26.2. The number of anilines is 2. The normalized spacial score (nSPS) is 9.63. The van der Waals surface area contributed by atoms with Crippen molar-refractivity contribution in [1.29, 1.82) is 0 Å². The van der Waals surface area contributed by atoms with E-state index in [1.54, 1.807) is 55.7 Å². The molecule has 0 bridgehead atoms. The molecule has 0 amide bonds. The van der Waals surface area contributed by atoms with E-state index in [-0.39, 0.29) is 55.8 Å². The van der Waals surface area contributed by atoms with Crippen molar-refractivity contribution in [2.45, 2.75) is 34.4 Å². The Hall–Kier alpha value is -10.8. The number of benzene rings is 4. The Balaban J connectivity index is 0.00000112. The van der Waals surface area contributed by atoms with Gasteiger partial charge in [-0.25, -0.2) is 29.1 Å². The molecule has 0 spiro atoms. The predicted molar refractivity (Wildman–Crippen MR) is 334 cm³/mol. The molecule has 29 heteroatoms. The third-order valence-corrected chi connectivity index (χ3v) is 10.8. The average Bonchev–Trinajstić information content (AvgIpc) is 2.58. The summed E-state index contributed by atoms with van der Waals surface area (Å²) in [7, 11) is 3.42. The second-order valence-electron chi connectivity index (χ2n) is 16.4. The van der Waals surface area contributed by atoms with Crippen LogP contribution in [0.25, 0.3) is 56.7 Å². The molecule has 28 nitrogen and oxygen atoms in total. The summed E-state index contributed by atoms with van der Waals surface area (Å²) in [5.41, 5.74) is 12.9. The van der Waals surface area contributed by atoms with E-state index >= 15 is 0 Å². The Morgan fingerprint density at radius 3 is 1.22 bits per heavy atom. The van der Waals surface area contributed by atoms with Gasteiger partial charge in [0, 0.05) is 43.6 Å². The summed E-state index contributed by atoms with van der Waals surface area (Å²) in [6.45, 7) is 5.99. The van der Waals surface area contributed by atoms with Gasteiger partial charge in [0.15, 0.2) is 28.8 Å². The van der Waals surface area contributed by atoms with E-state index in [0.717, 1.165) is 59.2 Å². The number of carboxylic acids is 1. The van der Waals surface area contributed by atoms with Gasteiger partial charge in [-0.05, 0) is 69.3 Å². The number of nitrogens with one attached hydrogen (secondary N) is 1. The van der Waals surface area contributed by atoms with Crippen molar-refractivity contribution < 1.29 is 88.1 Å². The zero-order valence-electron chi connectivity index (χ0n) is 50.2. The van der Waals surface area contributed by atoms with Gasteiger partial charge in [-0.3, -0.25) is 13.9 Å². The maximum absolute atomic E-state index is 11.9. The van der Waals surface area contributed by atoms with Gasteiger partial charge in [-0.1, -0.05) is 129 Å². The topological polar surface area (TPSA) is 421 Å². The number of methoxy groups -OCH3 is 1. The number of nitrogens with two attached hydrogens (primary N) is 1. The number of nitrogen functional groups attached to an aromatic ring is 1. The van der Waals surface area contributed by atoms with E-state index in [0.29, 0.717) is 42.2 Å². The van der Waals surface area contributed by atoms with Crippen LogP contribution in [0.2, 0.25) is 0 Å². The van der Waals surface area contributed by atoms with Gasteiger partial charge in [0.05, 0.1) is 55.0 Å². The fourth-order valence-corrected chi connectivity index (χ4v) is 6.92. The first kappa shape index (κ1) is 80.2. The van der Waals surface area contributed by atoms with Crippen molar-refractivity contribution in [3.05, 3.63) is 206 Å². The van der Waals surface area contributed by atoms with Crippen LogP contribution in [0.5, 0.6) is 0 Å². The first-order valence-electron chi connectivity index (χ1n) is 26.2. The Bertz CT molecular complexity index is 3590. The molecule has 6 heterocycles. The maximum Gasteiger partial charge on any atom is 1.00 e. The SMILES string of the molecule is C.CCOC(=O)C(Nc1ccc(-c2ccccc2)nn1)OC.CCOC(=O)C=O.CCOC(=O)c1cncn1-c1ccc(-c2ccccc2)nn1.CO.CO.Nc1ccc(-c2ccccc2)nn1.O.O=C(O)c1cncn1-c1ccc(-c2ccccc2)nn1.[Li+].[OH-]. The van der Waals surface area contributed by atoms with Gasteiger partial charge in [-0.15, -0.1) is 40.8 Å². The van der Waals surface area contributed by atoms with Crippen molar-refractivity contribution in [2.75, 3.05) is 52.2 Å². The Kier molecular flexibility index (Phi) is 40.0. The van der Waals surface area contributed by atoms with Crippen LogP contribution in [0.1, 0.15) is 49.2 Å². The van der Waals surface area contributed by atoms with Crippen LogP contribution in [0.4, 0.5) is 11.6 Å². The molecule has 1 atom stereocenters. The van der Waals surface area contributed by atoms with Crippen LogP contribution in [-0.4, -0.2) is 164 Å². The molecule has 4 aromatic carbocycles. The number of aliphatic hydroxyl groups is 2. The molecule has 10 rings (SSSR count). The summed E-state index contributed by atoms with van der Waals surface area (Å²) < 4.78 is 22.0. The molecule has 0 fully saturated rings. The summed E-state index contributed by atoms with van der Waals surface area (Å²) >= 11 is 0. The summed E-state index contributed by atoms with van der Waals surface area (Å²) in [5.74, 6) is -0.976. The van der Waals surface area contributed by atoms with Crippen LogP contribution in [-0.2, 0) is 33.3 Å². The minimum Gasteiger partial charge on any atom is -0.870 e. The smallest absolute Gasteiger partial charge is 0.870 e. The first-order chi connectivity index (χ1) is 42.5. The quantitative estimate of drug-likeness (QED) is 0.0228. The Morgan fingerprint density at radius 1 is 0.527 bits per heavy atom. The molecule has 1 unspecified atom stereocenters. The number of aliphatic hydroxyl groups excluding tert-OH is 2. The summed E-state index contributed by atoms with van der Waals surface area (Å²) in [4.78, 5) is 61.5. The number of imidazole rings is 2. The minimum absolute atomic E-state index is 0. The molecular formula is C62H71LiN14O14. The van der Waals surface area contributed by atoms with Crippen LogP contribution < -0.4 is 29.9 Å². The van der Waals surface area contributed by atoms with Gasteiger partial charge in [0.25, 0.3) is 0 Å². The molecule has 0 saturated heterocycles. The number of rotatable bonds is 16. The van der Waals surface area contributed by atoms with Gasteiger partial charge < -0.3 is 56.3 Å². The number of aldehydes is 1. The van der Waals surface area contributed by atoms with Crippen molar-refractivity contribution in [1.82, 2.24) is 59.9 Å². The van der Waals surface area contributed by atoms with Crippen LogP contribution in [0, 0.1) is 0 Å². The van der Waals surface area contributed by atoms with E-state index in [1.165, 1.54) is 36.7 Å². The fourth-order valence-electron chi connectivity index (χ4n) is 6.92. The van der Waals surface area contributed by atoms with Crippen molar-refractivity contribution >= 4 is 41.8 Å². The van der Waals surface area contributed by atoms with E-state index in [4.69, 9.17) is 35.3 Å². The minimum atomic E-state index is -1.06. The number of aromatic nitrogens is 12. The molecule has 0 radical (unpaired) electrons. The molecule has 6 aromatic heterocycles. The number of nitrogens with zero attached hydrogens (tertiary/aromatic N) is 12. The number of carbonyl (C=O) groups is 5. The van der Waals surface area contributed by atoms with E-state index in [2.05, 4.69) is 60.8 Å². The third-order valence-electron chi connectivity index (χ3n) is 10.8. The van der Waals surface area contributed by atoms with Crippen LogP contribution in [0.3, 0.4) is 0 Å². The number of carboxylic acid groups (broad SMARTS) is 1. The Morgan fingerprint density at radius 2 is 0.901 bits per heavy atom. The van der Waals surface area contributed by atoms with Crippen molar-refractivity contribution in [2.24, 2.45) is 0 Å². The molecule has 0 saturated carbocycles. The fraction of sp³-hybridized carbons (Fsp3) is 0.177. The third kappa shape index (κ3) is 26.2. The zero-order valence-corrected chi connectivity index (χ0v) is 50.2. The summed E-state index contributed by atoms with van der Waals surface area (Å²) in [6, 6.07) is 53.3. The molecule has 9 N–H and O–H groups in total. The molecular weight excluding hydrogens is 1170 g/mol. The van der Waals surface area contributed by atoms with Crippen LogP contribution >= 0.6 is 0 Å². The molecule has 0 aliphatic rings. The molecule has 10 aromatic rings. The monoisotopic (exact) mass is 1240 g/mol. The number of hydrogen-bond donors (Lipinski definition) is 5. The second-order valence-corrected chi connectivity index (χ2v) is 16.4. The van der Waals surface area contributed by atoms with Gasteiger partial charge in [0.2, 0.25) is 12.5 Å². The van der Waals surface area contributed by atoms with Crippen molar-refractivity contribution in [3.63, 3.8) is 0 Å². The van der Waals surface area contributed by atoms with Gasteiger partial charge in [-0.2, -0.15) is 0 Å². The molecule has 474 valence electrons. The van der Waals surface area contributed by atoms with Gasteiger partial charge >= 0.3 is 42.7 Å². The summed E-state index contributed by atoms with van der Waals surface area (Å²) in [5, 5.41) is 58.3. The van der Waals surface area contributed by atoms with E-state index in [1.807, 2.05) is 140 Å². The molecule has 91 heavy (non-hydrogen) atoms.